The molecule has 1 aromatic heterocycles. The molecule has 0 fully saturated rings. The fourth-order valence-corrected chi connectivity index (χ4v) is 2.77. The first kappa shape index (κ1) is 14.9. The molecule has 0 saturated heterocycles. The number of rotatable bonds is 5. The molecule has 0 atom stereocenters. The van der Waals surface area contributed by atoms with Crippen LogP contribution in [-0.4, -0.2) is 16.5 Å². The van der Waals surface area contributed by atoms with Crippen molar-refractivity contribution in [1.82, 2.24) is 4.98 Å². The van der Waals surface area contributed by atoms with E-state index >= 15 is 0 Å². The standard InChI is InChI=1S/C12H11BrFN3O2S/c1-7-6-20-12(16-7)2-3-15-10-4-8(13)9(14)5-11(10)17(18)19/h4-6,15H,2-3H2,1H3. The van der Waals surface area contributed by atoms with Gasteiger partial charge in [0.2, 0.25) is 0 Å². The molecule has 0 saturated carbocycles. The minimum Gasteiger partial charge on any atom is -0.379 e. The lowest BCUT2D eigenvalue weighted by molar-refractivity contribution is -0.384. The van der Waals surface area contributed by atoms with E-state index in [9.17, 15) is 14.5 Å². The number of halogens is 2. The highest BCUT2D eigenvalue weighted by atomic mass is 79.9. The molecule has 5 nitrogen and oxygen atoms in total. The molecule has 20 heavy (non-hydrogen) atoms. The van der Waals surface area contributed by atoms with E-state index in [0.29, 0.717) is 13.0 Å². The van der Waals surface area contributed by atoms with Gasteiger partial charge in [0.05, 0.1) is 20.5 Å². The van der Waals surface area contributed by atoms with E-state index in [1.165, 1.54) is 6.07 Å². The van der Waals surface area contributed by atoms with Crippen LogP contribution in [-0.2, 0) is 6.42 Å². The zero-order valence-corrected chi connectivity index (χ0v) is 12.9. The van der Waals surface area contributed by atoms with E-state index in [4.69, 9.17) is 0 Å². The van der Waals surface area contributed by atoms with Crippen molar-refractivity contribution in [2.45, 2.75) is 13.3 Å². The Balaban J connectivity index is 2.08. The summed E-state index contributed by atoms with van der Waals surface area (Å²) in [7, 11) is 0. The maximum Gasteiger partial charge on any atom is 0.295 e. The van der Waals surface area contributed by atoms with E-state index in [2.05, 4.69) is 26.2 Å². The Hall–Kier alpha value is -1.54. The number of thiazole rings is 1. The van der Waals surface area contributed by atoms with Crippen molar-refractivity contribution in [2.75, 3.05) is 11.9 Å². The summed E-state index contributed by atoms with van der Waals surface area (Å²) < 4.78 is 13.5. The number of nitrogens with zero attached hydrogens (tertiary/aromatic N) is 2. The summed E-state index contributed by atoms with van der Waals surface area (Å²) in [6.45, 7) is 2.40. The Morgan fingerprint density at radius 1 is 1.55 bits per heavy atom. The van der Waals surface area contributed by atoms with Gasteiger partial charge >= 0.3 is 0 Å². The first-order valence-corrected chi connectivity index (χ1v) is 7.43. The number of hydrogen-bond donors (Lipinski definition) is 1. The van der Waals surface area contributed by atoms with Gasteiger partial charge < -0.3 is 5.32 Å². The molecular formula is C12H11BrFN3O2S. The smallest absolute Gasteiger partial charge is 0.295 e. The highest BCUT2D eigenvalue weighted by Gasteiger charge is 2.17. The van der Waals surface area contributed by atoms with E-state index < -0.39 is 10.7 Å². The van der Waals surface area contributed by atoms with E-state index in [-0.39, 0.29) is 15.8 Å². The lowest BCUT2D eigenvalue weighted by atomic mass is 10.2. The highest BCUT2D eigenvalue weighted by Crippen LogP contribution is 2.30. The van der Waals surface area contributed by atoms with Gasteiger partial charge in [-0.25, -0.2) is 9.37 Å². The maximum atomic E-state index is 13.3. The molecule has 0 aliphatic rings. The number of aromatic nitrogens is 1. The Kier molecular flexibility index (Phi) is 4.66. The molecule has 0 amide bonds. The fourth-order valence-electron chi connectivity index (χ4n) is 1.65. The minimum absolute atomic E-state index is 0.190. The summed E-state index contributed by atoms with van der Waals surface area (Å²) in [5.41, 5.74) is 0.970. The van der Waals surface area contributed by atoms with Crippen LogP contribution in [0.5, 0.6) is 0 Å². The van der Waals surface area contributed by atoms with Crippen LogP contribution >= 0.6 is 27.3 Å². The lowest BCUT2D eigenvalue weighted by Gasteiger charge is -2.07. The van der Waals surface area contributed by atoms with Gasteiger partial charge in [-0.2, -0.15) is 0 Å². The quantitative estimate of drug-likeness (QED) is 0.648. The maximum absolute atomic E-state index is 13.3. The SMILES string of the molecule is Cc1csc(CCNc2cc(Br)c(F)cc2[N+](=O)[O-])n1. The Labute approximate surface area is 127 Å². The first-order chi connectivity index (χ1) is 9.47. The molecule has 0 spiro atoms. The normalized spacial score (nSPS) is 10.6. The highest BCUT2D eigenvalue weighted by molar-refractivity contribution is 9.10. The third-order valence-electron chi connectivity index (χ3n) is 2.56. The fraction of sp³-hybridized carbons (Fsp3) is 0.250. The second-order valence-electron chi connectivity index (χ2n) is 4.10. The average molecular weight is 360 g/mol. The molecule has 2 rings (SSSR count). The molecule has 0 aliphatic carbocycles. The number of anilines is 1. The molecule has 0 aliphatic heterocycles. The second-order valence-corrected chi connectivity index (χ2v) is 5.90. The van der Waals surface area contributed by atoms with Gasteiger partial charge in [0.15, 0.2) is 0 Å². The van der Waals surface area contributed by atoms with Gasteiger partial charge in [-0.1, -0.05) is 0 Å². The summed E-state index contributed by atoms with van der Waals surface area (Å²) in [5.74, 6) is -0.655. The van der Waals surface area contributed by atoms with Crippen molar-refractivity contribution in [3.8, 4) is 0 Å². The molecule has 8 heteroatoms. The average Bonchev–Trinajstić information content (AvgIpc) is 2.79. The molecule has 2 aromatic rings. The predicted octanol–water partition coefficient (Wildman–Crippen LogP) is 3.92. The molecule has 1 N–H and O–H groups in total. The van der Waals surface area contributed by atoms with Crippen LogP contribution in [0, 0.1) is 22.9 Å². The van der Waals surface area contributed by atoms with Crippen LogP contribution in [0.1, 0.15) is 10.7 Å². The topological polar surface area (TPSA) is 68.1 Å². The van der Waals surface area contributed by atoms with Crippen molar-refractivity contribution in [1.29, 1.82) is 0 Å². The minimum atomic E-state index is -0.655. The van der Waals surface area contributed by atoms with Crippen LogP contribution < -0.4 is 5.32 Å². The molecular weight excluding hydrogens is 349 g/mol. The summed E-state index contributed by atoms with van der Waals surface area (Å²) in [5, 5.41) is 16.8. The number of aryl methyl sites for hydroxylation is 1. The zero-order chi connectivity index (χ0) is 14.7. The van der Waals surface area contributed by atoms with Crippen molar-refractivity contribution < 1.29 is 9.31 Å². The van der Waals surface area contributed by atoms with E-state index in [1.807, 2.05) is 12.3 Å². The third-order valence-corrected chi connectivity index (χ3v) is 4.19. The van der Waals surface area contributed by atoms with Crippen LogP contribution in [0.15, 0.2) is 22.0 Å². The van der Waals surface area contributed by atoms with Crippen molar-refractivity contribution in [3.63, 3.8) is 0 Å². The second kappa shape index (κ2) is 6.27. The van der Waals surface area contributed by atoms with Crippen LogP contribution in [0.25, 0.3) is 0 Å². The number of benzene rings is 1. The number of nitrogens with one attached hydrogen (secondary N) is 1. The summed E-state index contributed by atoms with van der Waals surface area (Å²) >= 11 is 4.57. The molecule has 0 radical (unpaired) electrons. The van der Waals surface area contributed by atoms with Crippen LogP contribution in [0.4, 0.5) is 15.8 Å². The largest absolute Gasteiger partial charge is 0.379 e. The molecule has 0 unspecified atom stereocenters. The Morgan fingerprint density at radius 2 is 2.30 bits per heavy atom. The van der Waals surface area contributed by atoms with Gasteiger partial charge in [0, 0.05) is 24.0 Å². The number of nitro benzene ring substituents is 1. The Morgan fingerprint density at radius 3 is 2.90 bits per heavy atom. The number of hydrogen-bond acceptors (Lipinski definition) is 5. The van der Waals surface area contributed by atoms with Gasteiger partial charge in [0.1, 0.15) is 11.5 Å². The Bertz CT molecular complexity index is 648. The van der Waals surface area contributed by atoms with Crippen LogP contribution in [0.2, 0.25) is 0 Å². The van der Waals surface area contributed by atoms with Crippen molar-refractivity contribution >= 4 is 38.6 Å². The van der Waals surface area contributed by atoms with Gasteiger partial charge in [-0.3, -0.25) is 10.1 Å². The molecule has 1 heterocycles. The summed E-state index contributed by atoms with van der Waals surface area (Å²) in [4.78, 5) is 14.6. The first-order valence-electron chi connectivity index (χ1n) is 5.75. The van der Waals surface area contributed by atoms with Gasteiger partial charge in [-0.15, -0.1) is 11.3 Å². The summed E-state index contributed by atoms with van der Waals surface area (Å²) in [6.07, 6.45) is 0.657. The predicted molar refractivity (Wildman–Crippen MR) is 79.8 cm³/mol. The van der Waals surface area contributed by atoms with Gasteiger partial charge in [0.25, 0.3) is 5.69 Å². The monoisotopic (exact) mass is 359 g/mol. The molecule has 1 aromatic carbocycles. The molecule has 106 valence electrons. The third kappa shape index (κ3) is 3.51. The molecule has 0 bridgehead atoms. The zero-order valence-electron chi connectivity index (χ0n) is 10.5. The van der Waals surface area contributed by atoms with E-state index in [0.717, 1.165) is 16.8 Å². The van der Waals surface area contributed by atoms with Gasteiger partial charge in [-0.05, 0) is 28.9 Å². The van der Waals surface area contributed by atoms with Crippen LogP contribution in [0.3, 0.4) is 0 Å². The lowest BCUT2D eigenvalue weighted by Crippen LogP contribution is -2.07. The van der Waals surface area contributed by atoms with Crippen molar-refractivity contribution in [2.24, 2.45) is 0 Å². The van der Waals surface area contributed by atoms with Crippen molar-refractivity contribution in [3.05, 3.63) is 48.6 Å². The van der Waals surface area contributed by atoms with E-state index in [1.54, 1.807) is 11.3 Å². The summed E-state index contributed by atoms with van der Waals surface area (Å²) in [6, 6.07) is 2.28. The number of nitro groups is 1.